The largest absolute Gasteiger partial charge is 0.504 e. The Hall–Kier alpha value is -2.36. The molecule has 1 aromatic carbocycles. The molecule has 1 saturated heterocycles. The Morgan fingerprint density at radius 1 is 1.09 bits per heavy atom. The average molecular weight is 599 g/mol. The van der Waals surface area contributed by atoms with Crippen molar-refractivity contribution >= 4 is 11.9 Å². The van der Waals surface area contributed by atoms with Crippen molar-refractivity contribution in [2.75, 3.05) is 20.2 Å². The molecule has 1 aromatic rings. The van der Waals surface area contributed by atoms with E-state index in [-0.39, 0.29) is 42.7 Å². The average Bonchev–Trinajstić information content (AvgIpc) is 3.65. The lowest BCUT2D eigenvalue weighted by molar-refractivity contribution is -0.208. The molecular weight excluding hydrogens is 548 g/mol. The lowest BCUT2D eigenvalue weighted by Gasteiger charge is -2.65. The number of hydrogen-bond donors (Lipinski definition) is 2. The number of likely N-dealkylation sites (tertiary alicyclic amines) is 1. The van der Waals surface area contributed by atoms with Gasteiger partial charge in [0.2, 0.25) is 0 Å². The molecule has 9 heteroatoms. The van der Waals surface area contributed by atoms with Crippen LogP contribution < -0.4 is 10.1 Å². The molecule has 0 amide bonds. The van der Waals surface area contributed by atoms with E-state index in [0.29, 0.717) is 5.75 Å². The Kier molecular flexibility index (Phi) is 7.57. The van der Waals surface area contributed by atoms with Gasteiger partial charge in [0.1, 0.15) is 23.3 Å². The van der Waals surface area contributed by atoms with Crippen LogP contribution in [0.2, 0.25) is 0 Å². The molecule has 9 nitrogen and oxygen atoms in total. The molecule has 6 atom stereocenters. The summed E-state index contributed by atoms with van der Waals surface area (Å²) >= 11 is 0. The molecular formula is C34H50N2O7. The molecule has 2 saturated carbocycles. The van der Waals surface area contributed by atoms with E-state index in [1.54, 1.807) is 6.07 Å². The van der Waals surface area contributed by atoms with Crippen LogP contribution in [0.4, 0.5) is 0 Å². The maximum atomic E-state index is 13.6. The Balaban J connectivity index is 1.33. The van der Waals surface area contributed by atoms with Gasteiger partial charge >= 0.3 is 11.9 Å². The smallest absolute Gasteiger partial charge is 0.323 e. The first-order chi connectivity index (χ1) is 20.2. The van der Waals surface area contributed by atoms with Gasteiger partial charge in [0.15, 0.2) is 11.5 Å². The monoisotopic (exact) mass is 598 g/mol. The number of ether oxygens (including phenoxy) is 4. The van der Waals surface area contributed by atoms with Crippen LogP contribution in [0.5, 0.6) is 11.5 Å². The van der Waals surface area contributed by atoms with Gasteiger partial charge in [-0.05, 0) is 111 Å². The lowest BCUT2D eigenvalue weighted by atomic mass is 9.48. The maximum Gasteiger partial charge on any atom is 0.323 e. The summed E-state index contributed by atoms with van der Waals surface area (Å²) in [5.74, 6) is 0.749. The van der Waals surface area contributed by atoms with Crippen LogP contribution in [-0.4, -0.2) is 83.2 Å². The highest BCUT2D eigenvalue weighted by Gasteiger charge is 2.74. The van der Waals surface area contributed by atoms with Gasteiger partial charge in [-0.15, -0.1) is 0 Å². The first-order valence-corrected chi connectivity index (χ1v) is 16.2. The summed E-state index contributed by atoms with van der Waals surface area (Å²) in [5.41, 5.74) is 0.109. The van der Waals surface area contributed by atoms with E-state index in [4.69, 9.17) is 18.9 Å². The van der Waals surface area contributed by atoms with Crippen LogP contribution in [-0.2, 0) is 35.6 Å². The van der Waals surface area contributed by atoms with Gasteiger partial charge in [-0.25, -0.2) is 0 Å². The second-order valence-corrected chi connectivity index (χ2v) is 15.5. The number of rotatable bonds is 9. The molecule has 0 radical (unpaired) electrons. The van der Waals surface area contributed by atoms with Crippen LogP contribution >= 0.6 is 0 Å². The molecule has 2 heterocycles. The molecule has 2 N–H and O–H groups in total. The third-order valence-corrected chi connectivity index (χ3v) is 10.3. The summed E-state index contributed by atoms with van der Waals surface area (Å²) in [6.45, 7) is 13.1. The normalized spacial score (nSPS) is 32.0. The number of aromatic hydroxyl groups is 1. The Morgan fingerprint density at radius 3 is 2.47 bits per heavy atom. The van der Waals surface area contributed by atoms with E-state index in [0.717, 1.165) is 50.3 Å². The van der Waals surface area contributed by atoms with Crippen molar-refractivity contribution in [2.24, 2.45) is 5.92 Å². The molecule has 3 fully saturated rings. The number of phenols is 1. The highest BCUT2D eigenvalue weighted by atomic mass is 16.6. The minimum atomic E-state index is -0.724. The molecule has 3 unspecified atom stereocenters. The third kappa shape index (κ3) is 5.33. The van der Waals surface area contributed by atoms with Gasteiger partial charge in [0.25, 0.3) is 0 Å². The molecule has 43 heavy (non-hydrogen) atoms. The summed E-state index contributed by atoms with van der Waals surface area (Å²) in [6, 6.07) is 3.10. The van der Waals surface area contributed by atoms with Gasteiger partial charge in [-0.3, -0.25) is 19.8 Å². The summed E-state index contributed by atoms with van der Waals surface area (Å²) in [6.07, 6.45) is 5.84. The summed E-state index contributed by atoms with van der Waals surface area (Å²) in [4.78, 5) is 28.9. The number of phenolic OH excluding ortho intramolecular Hbond substituents is 1. The van der Waals surface area contributed by atoms with Gasteiger partial charge in [-0.2, -0.15) is 0 Å². The fourth-order valence-corrected chi connectivity index (χ4v) is 8.60. The van der Waals surface area contributed by atoms with E-state index in [1.807, 2.05) is 48.7 Å². The van der Waals surface area contributed by atoms with E-state index in [2.05, 4.69) is 16.3 Å². The number of nitrogens with one attached hydrogen (secondary N) is 1. The summed E-state index contributed by atoms with van der Waals surface area (Å²) < 4.78 is 24.9. The van der Waals surface area contributed by atoms with Gasteiger partial charge in [0, 0.05) is 37.7 Å². The van der Waals surface area contributed by atoms with Gasteiger partial charge in [-0.1, -0.05) is 6.07 Å². The van der Waals surface area contributed by atoms with E-state index >= 15 is 0 Å². The first kappa shape index (κ1) is 30.7. The zero-order valence-electron chi connectivity index (χ0n) is 27.0. The second-order valence-electron chi connectivity index (χ2n) is 15.5. The van der Waals surface area contributed by atoms with Crippen LogP contribution in [0.1, 0.15) is 97.6 Å². The number of piperidine rings is 1. The minimum Gasteiger partial charge on any atom is -0.504 e. The summed E-state index contributed by atoms with van der Waals surface area (Å²) in [5, 5.41) is 14.7. The molecule has 3 aliphatic carbocycles. The first-order valence-electron chi connectivity index (χ1n) is 16.2. The van der Waals surface area contributed by atoms with Crippen molar-refractivity contribution in [1.29, 1.82) is 0 Å². The fourth-order valence-electron chi connectivity index (χ4n) is 8.60. The molecule has 238 valence electrons. The zero-order chi connectivity index (χ0) is 30.9. The maximum absolute atomic E-state index is 13.6. The Bertz CT molecular complexity index is 1260. The zero-order valence-corrected chi connectivity index (χ0v) is 27.0. The van der Waals surface area contributed by atoms with Crippen molar-refractivity contribution in [3.63, 3.8) is 0 Å². The molecule has 1 spiro atoms. The Labute approximate surface area is 256 Å². The van der Waals surface area contributed by atoms with Crippen LogP contribution in [0.25, 0.3) is 0 Å². The molecule has 2 aliphatic heterocycles. The quantitative estimate of drug-likeness (QED) is 0.400. The predicted octanol–water partition coefficient (Wildman–Crippen LogP) is 4.40. The van der Waals surface area contributed by atoms with Gasteiger partial charge < -0.3 is 24.1 Å². The minimum absolute atomic E-state index is 0.0862. The highest BCUT2D eigenvalue weighted by molar-refractivity contribution is 5.78. The number of carbonyl (C=O) groups is 2. The number of methoxy groups -OCH3 is 1. The molecule has 6 rings (SSSR count). The van der Waals surface area contributed by atoms with Crippen molar-refractivity contribution in [1.82, 2.24) is 10.2 Å². The lowest BCUT2D eigenvalue weighted by Crippen LogP contribution is -2.79. The standard InChI is InChI=1S/C34H50N2O7/c1-31(2,3)42-26(38)13-11-23(30(39)43-32(4,5)6)35-22-14-15-34(40-7)25-18-21-10-12-24(37)28-27(21)33(34,29(22)41-28)16-17-36(25)19-20-8-9-20/h10,12,20,22-23,25,29,35,37H,8-9,11,13-19H2,1-7H3/t22?,23?,25?,29-,33-,34+/m0/s1. The van der Waals surface area contributed by atoms with Crippen LogP contribution in [0.15, 0.2) is 12.1 Å². The van der Waals surface area contributed by atoms with Crippen LogP contribution in [0.3, 0.4) is 0 Å². The number of carbonyl (C=O) groups excluding carboxylic acids is 2. The van der Waals surface area contributed by atoms with Crippen molar-refractivity contribution in [3.8, 4) is 11.5 Å². The number of nitrogens with zero attached hydrogens (tertiary/aromatic N) is 1. The van der Waals surface area contributed by atoms with E-state index in [1.165, 1.54) is 18.4 Å². The molecule has 2 bridgehead atoms. The number of esters is 2. The SMILES string of the molecule is CO[C@@]12CCC(NC(CCC(=O)OC(C)(C)C)C(=O)OC(C)(C)C)[C@@H]3Oc4c(O)ccc5c4[C@@]31CCN(CC1CC1)C2C5. The summed E-state index contributed by atoms with van der Waals surface area (Å²) in [7, 11) is 1.84. The van der Waals surface area contributed by atoms with Crippen molar-refractivity contribution in [2.45, 2.75) is 139 Å². The number of hydrogen-bond acceptors (Lipinski definition) is 9. The fraction of sp³-hybridized carbons (Fsp3) is 0.765. The molecule has 0 aromatic heterocycles. The van der Waals surface area contributed by atoms with E-state index in [9.17, 15) is 14.7 Å². The topological polar surface area (TPSA) is 107 Å². The van der Waals surface area contributed by atoms with Crippen LogP contribution in [0, 0.1) is 5.92 Å². The van der Waals surface area contributed by atoms with E-state index < -0.39 is 34.2 Å². The van der Waals surface area contributed by atoms with Gasteiger partial charge in [0.05, 0.1) is 11.0 Å². The number of benzene rings is 1. The highest BCUT2D eigenvalue weighted by Crippen LogP contribution is 2.66. The Morgan fingerprint density at radius 2 is 1.81 bits per heavy atom. The third-order valence-electron chi connectivity index (χ3n) is 10.3. The second kappa shape index (κ2) is 10.6. The predicted molar refractivity (Wildman–Crippen MR) is 161 cm³/mol. The molecule has 5 aliphatic rings. The van der Waals surface area contributed by atoms with Crippen molar-refractivity contribution in [3.05, 3.63) is 23.3 Å². The van der Waals surface area contributed by atoms with Crippen molar-refractivity contribution < 1.29 is 33.6 Å².